The van der Waals surface area contributed by atoms with Crippen molar-refractivity contribution in [1.82, 2.24) is 20.8 Å². The third kappa shape index (κ3) is 5.43. The molecule has 0 unspecified atom stereocenters. The fourth-order valence-corrected chi connectivity index (χ4v) is 2.75. The maximum absolute atomic E-state index is 13.1. The number of nitrogens with zero attached hydrogens (tertiary/aromatic N) is 2. The number of hydrogen-bond acceptors (Lipinski definition) is 5. The van der Waals surface area contributed by atoms with Crippen LogP contribution in [0.4, 0.5) is 19.1 Å². The van der Waals surface area contributed by atoms with Gasteiger partial charge in [-0.2, -0.15) is 8.78 Å². The Kier molecular flexibility index (Phi) is 7.52. The standard InChI is InChI=1S/C17H16F3N5O2.C2H6/c18-12-4-2-11(3-5-12)17(6-1-7-17)23-16-21-8-10(9-22-16)14(26)24-25-15(27)13(19)20;1-2/h2-5,8-9,13H,1,6-7H2,(H,24,26)(H,25,27)(H,21,22,23);1-2H3. The molecule has 1 aromatic heterocycles. The zero-order chi connectivity index (χ0) is 21.4. The second-order valence-electron chi connectivity index (χ2n) is 6.11. The van der Waals surface area contributed by atoms with Crippen LogP contribution in [0.2, 0.25) is 0 Å². The van der Waals surface area contributed by atoms with Crippen LogP contribution in [0.15, 0.2) is 36.7 Å². The molecular weight excluding hydrogens is 387 g/mol. The van der Waals surface area contributed by atoms with Crippen molar-refractivity contribution < 1.29 is 22.8 Å². The molecule has 7 nitrogen and oxygen atoms in total. The highest BCUT2D eigenvalue weighted by Crippen LogP contribution is 2.43. The van der Waals surface area contributed by atoms with E-state index in [4.69, 9.17) is 0 Å². The van der Waals surface area contributed by atoms with Gasteiger partial charge in [0.15, 0.2) is 0 Å². The lowest BCUT2D eigenvalue weighted by molar-refractivity contribution is -0.132. The number of benzene rings is 1. The van der Waals surface area contributed by atoms with E-state index in [0.717, 1.165) is 24.8 Å². The second kappa shape index (κ2) is 9.85. The highest BCUT2D eigenvalue weighted by Gasteiger charge is 2.39. The summed E-state index contributed by atoms with van der Waals surface area (Å²) >= 11 is 0. The molecule has 0 radical (unpaired) electrons. The summed E-state index contributed by atoms with van der Waals surface area (Å²) in [7, 11) is 0. The van der Waals surface area contributed by atoms with Crippen LogP contribution >= 0.6 is 0 Å². The summed E-state index contributed by atoms with van der Waals surface area (Å²) in [6.07, 6.45) is 1.81. The Morgan fingerprint density at radius 2 is 1.62 bits per heavy atom. The minimum absolute atomic E-state index is 0.0143. The highest BCUT2D eigenvalue weighted by molar-refractivity contribution is 5.95. The van der Waals surface area contributed by atoms with Gasteiger partial charge in [0.25, 0.3) is 5.91 Å². The van der Waals surface area contributed by atoms with E-state index >= 15 is 0 Å². The molecule has 156 valence electrons. The van der Waals surface area contributed by atoms with Gasteiger partial charge in [0.2, 0.25) is 5.95 Å². The third-order valence-electron chi connectivity index (χ3n) is 4.37. The van der Waals surface area contributed by atoms with Crippen molar-refractivity contribution >= 4 is 17.8 Å². The van der Waals surface area contributed by atoms with Gasteiger partial charge in [0.05, 0.1) is 11.1 Å². The number of nitrogens with one attached hydrogen (secondary N) is 3. The Morgan fingerprint density at radius 1 is 1.03 bits per heavy atom. The van der Waals surface area contributed by atoms with Crippen LogP contribution in [0, 0.1) is 5.82 Å². The smallest absolute Gasteiger partial charge is 0.317 e. The maximum atomic E-state index is 13.1. The van der Waals surface area contributed by atoms with Crippen LogP contribution in [0.5, 0.6) is 0 Å². The number of carbonyl (C=O) groups is 2. The molecular formula is C19H22F3N5O2. The van der Waals surface area contributed by atoms with Gasteiger partial charge >= 0.3 is 12.3 Å². The monoisotopic (exact) mass is 409 g/mol. The van der Waals surface area contributed by atoms with Crippen LogP contribution in [0.25, 0.3) is 0 Å². The molecule has 0 aliphatic heterocycles. The highest BCUT2D eigenvalue weighted by atomic mass is 19.3. The predicted octanol–water partition coefficient (Wildman–Crippen LogP) is 3.16. The first-order valence-electron chi connectivity index (χ1n) is 9.14. The average Bonchev–Trinajstić information content (AvgIpc) is 2.71. The lowest BCUT2D eigenvalue weighted by Crippen LogP contribution is -2.44. The van der Waals surface area contributed by atoms with Crippen molar-refractivity contribution in [2.45, 2.75) is 45.1 Å². The van der Waals surface area contributed by atoms with Gasteiger partial charge in [0, 0.05) is 12.4 Å². The van der Waals surface area contributed by atoms with Gasteiger partial charge in [-0.05, 0) is 37.0 Å². The quantitative estimate of drug-likeness (QED) is 0.660. The van der Waals surface area contributed by atoms with Crippen LogP contribution in [-0.4, -0.2) is 28.2 Å². The lowest BCUT2D eigenvalue weighted by atomic mass is 9.72. The van der Waals surface area contributed by atoms with Gasteiger partial charge in [-0.15, -0.1) is 0 Å². The molecule has 1 fully saturated rings. The second-order valence-corrected chi connectivity index (χ2v) is 6.11. The number of rotatable bonds is 5. The fourth-order valence-electron chi connectivity index (χ4n) is 2.75. The lowest BCUT2D eigenvalue weighted by Gasteiger charge is -2.43. The molecule has 1 saturated carbocycles. The van der Waals surface area contributed by atoms with E-state index in [1.165, 1.54) is 24.5 Å². The number of anilines is 1. The molecule has 0 atom stereocenters. The van der Waals surface area contributed by atoms with E-state index in [0.29, 0.717) is 0 Å². The SMILES string of the molecule is CC.O=C(NNC(=O)C(F)F)c1cnc(NC2(c3ccc(F)cc3)CCC2)nc1. The summed E-state index contributed by atoms with van der Waals surface area (Å²) in [4.78, 5) is 30.6. The van der Waals surface area contributed by atoms with E-state index in [1.54, 1.807) is 17.6 Å². The van der Waals surface area contributed by atoms with Gasteiger partial charge < -0.3 is 5.32 Å². The Labute approximate surface area is 166 Å². The third-order valence-corrected chi connectivity index (χ3v) is 4.37. The van der Waals surface area contributed by atoms with Crippen molar-refractivity contribution in [2.24, 2.45) is 0 Å². The number of halogens is 3. The Balaban J connectivity index is 0.00000145. The van der Waals surface area contributed by atoms with Crippen molar-refractivity contribution in [1.29, 1.82) is 0 Å². The minimum atomic E-state index is -3.24. The Hall–Kier alpha value is -3.17. The molecule has 10 heteroatoms. The molecule has 1 aliphatic rings. The first-order chi connectivity index (χ1) is 13.9. The van der Waals surface area contributed by atoms with Gasteiger partial charge in [-0.1, -0.05) is 26.0 Å². The zero-order valence-electron chi connectivity index (χ0n) is 16.0. The zero-order valence-corrected chi connectivity index (χ0v) is 16.0. The number of aromatic nitrogens is 2. The first kappa shape index (κ1) is 22.1. The Bertz CT molecular complexity index is 825. The van der Waals surface area contributed by atoms with E-state index in [9.17, 15) is 22.8 Å². The largest absolute Gasteiger partial charge is 0.345 e. The fraction of sp³-hybridized carbons (Fsp3) is 0.368. The summed E-state index contributed by atoms with van der Waals surface area (Å²) in [5.41, 5.74) is 3.93. The van der Waals surface area contributed by atoms with Crippen molar-refractivity contribution in [3.63, 3.8) is 0 Å². The molecule has 3 N–H and O–H groups in total. The van der Waals surface area contributed by atoms with E-state index in [1.807, 2.05) is 19.3 Å². The summed E-state index contributed by atoms with van der Waals surface area (Å²) in [5, 5.41) is 3.21. The number of alkyl halides is 2. The molecule has 1 aromatic carbocycles. The molecule has 3 rings (SSSR count). The minimum Gasteiger partial charge on any atom is -0.345 e. The molecule has 29 heavy (non-hydrogen) atoms. The summed E-state index contributed by atoms with van der Waals surface area (Å²) < 4.78 is 37.3. The Morgan fingerprint density at radius 3 is 2.10 bits per heavy atom. The molecule has 2 amide bonds. The maximum Gasteiger partial charge on any atom is 0.317 e. The molecule has 1 heterocycles. The summed E-state index contributed by atoms with van der Waals surface area (Å²) in [5.74, 6) is -2.49. The van der Waals surface area contributed by atoms with Crippen molar-refractivity contribution in [3.8, 4) is 0 Å². The molecule has 0 saturated heterocycles. The average molecular weight is 409 g/mol. The van der Waals surface area contributed by atoms with Crippen LogP contribution in [-0.2, 0) is 10.3 Å². The van der Waals surface area contributed by atoms with Gasteiger partial charge in [-0.25, -0.2) is 14.4 Å². The number of amides is 2. The summed E-state index contributed by atoms with van der Waals surface area (Å²) in [6, 6.07) is 6.18. The van der Waals surface area contributed by atoms with Crippen molar-refractivity contribution in [2.75, 3.05) is 5.32 Å². The number of hydrazine groups is 1. The topological polar surface area (TPSA) is 96.0 Å². The number of hydrogen-bond donors (Lipinski definition) is 3. The van der Waals surface area contributed by atoms with Crippen LogP contribution in [0.1, 0.15) is 49.0 Å². The normalized spacial score (nSPS) is 14.1. The molecule has 2 aromatic rings. The van der Waals surface area contributed by atoms with Crippen LogP contribution in [0.3, 0.4) is 0 Å². The molecule has 0 spiro atoms. The molecule has 1 aliphatic carbocycles. The first-order valence-corrected chi connectivity index (χ1v) is 9.14. The predicted molar refractivity (Wildman–Crippen MR) is 101 cm³/mol. The van der Waals surface area contributed by atoms with Crippen LogP contribution < -0.4 is 16.2 Å². The van der Waals surface area contributed by atoms with Gasteiger partial charge in [0.1, 0.15) is 5.82 Å². The molecule has 0 bridgehead atoms. The summed E-state index contributed by atoms with van der Waals surface area (Å²) in [6.45, 7) is 4.00. The van der Waals surface area contributed by atoms with E-state index in [-0.39, 0.29) is 17.3 Å². The van der Waals surface area contributed by atoms with Gasteiger partial charge in [-0.3, -0.25) is 20.4 Å². The van der Waals surface area contributed by atoms with Crippen molar-refractivity contribution in [3.05, 3.63) is 53.6 Å². The van der Waals surface area contributed by atoms with E-state index < -0.39 is 23.8 Å². The number of carbonyl (C=O) groups excluding carboxylic acids is 2. The van der Waals surface area contributed by atoms with E-state index in [2.05, 4.69) is 15.3 Å².